The van der Waals surface area contributed by atoms with Crippen molar-refractivity contribution < 1.29 is 9.59 Å². The summed E-state index contributed by atoms with van der Waals surface area (Å²) < 4.78 is 0. The van der Waals surface area contributed by atoms with E-state index in [9.17, 15) is 9.59 Å². The molecule has 120 valence electrons. The molecule has 0 atom stereocenters. The molecule has 5 nitrogen and oxygen atoms in total. The second-order valence-electron chi connectivity index (χ2n) is 4.81. The molecule has 0 aliphatic rings. The summed E-state index contributed by atoms with van der Waals surface area (Å²) in [5.41, 5.74) is 0.464. The maximum absolute atomic E-state index is 12.5. The van der Waals surface area contributed by atoms with E-state index in [1.807, 2.05) is 30.3 Å². The molecule has 3 aromatic rings. The number of nitrogens with one attached hydrogen (secondary N) is 1. The standard InChI is InChI=1S/C17H13N3O2S2/c1-11(21)14-10-19-17(24-14)20-15(22)13-8-5-9-18-16(13)23-12-6-3-2-4-7-12/h2-10H,1H3,(H,19,20,22). The highest BCUT2D eigenvalue weighted by Crippen LogP contribution is 2.29. The van der Waals surface area contributed by atoms with Crippen LogP contribution in [0.15, 0.2) is 64.8 Å². The molecule has 2 heterocycles. The summed E-state index contributed by atoms with van der Waals surface area (Å²) in [5.74, 6) is -0.374. The number of pyridine rings is 1. The molecule has 2 aromatic heterocycles. The Hall–Kier alpha value is -2.51. The molecule has 0 fully saturated rings. The average molecular weight is 355 g/mol. The lowest BCUT2D eigenvalue weighted by molar-refractivity contribution is 0.101. The van der Waals surface area contributed by atoms with Crippen LogP contribution < -0.4 is 5.32 Å². The zero-order valence-corrected chi connectivity index (χ0v) is 14.4. The van der Waals surface area contributed by atoms with Gasteiger partial charge in [-0.2, -0.15) is 0 Å². The van der Waals surface area contributed by atoms with Crippen LogP contribution in [-0.2, 0) is 0 Å². The molecule has 1 aromatic carbocycles. The van der Waals surface area contributed by atoms with Crippen LogP contribution in [0, 0.1) is 0 Å². The molecule has 0 unspecified atom stereocenters. The minimum Gasteiger partial charge on any atom is -0.298 e. The quantitative estimate of drug-likeness (QED) is 0.696. The van der Waals surface area contributed by atoms with Gasteiger partial charge in [-0.3, -0.25) is 14.9 Å². The number of aromatic nitrogens is 2. The Kier molecular flexibility index (Phi) is 5.02. The number of benzene rings is 1. The van der Waals surface area contributed by atoms with Gasteiger partial charge in [-0.15, -0.1) is 0 Å². The Labute approximate surface area is 147 Å². The minimum atomic E-state index is -0.300. The van der Waals surface area contributed by atoms with Crippen LogP contribution in [0.25, 0.3) is 0 Å². The fraction of sp³-hybridized carbons (Fsp3) is 0.0588. The largest absolute Gasteiger partial charge is 0.298 e. The normalized spacial score (nSPS) is 10.4. The van der Waals surface area contributed by atoms with Gasteiger partial charge in [0.1, 0.15) is 5.03 Å². The summed E-state index contributed by atoms with van der Waals surface area (Å²) in [6.07, 6.45) is 3.12. The highest BCUT2D eigenvalue weighted by Gasteiger charge is 2.15. The second-order valence-corrected chi connectivity index (χ2v) is 6.90. The molecule has 0 saturated heterocycles. The van der Waals surface area contributed by atoms with Gasteiger partial charge in [0.05, 0.1) is 16.6 Å². The van der Waals surface area contributed by atoms with Gasteiger partial charge < -0.3 is 0 Å². The number of carbonyl (C=O) groups excluding carboxylic acids is 2. The van der Waals surface area contributed by atoms with Gasteiger partial charge >= 0.3 is 0 Å². The van der Waals surface area contributed by atoms with E-state index < -0.39 is 0 Å². The van der Waals surface area contributed by atoms with Gasteiger partial charge in [-0.1, -0.05) is 41.3 Å². The SMILES string of the molecule is CC(=O)c1cnc(NC(=O)c2cccnc2Sc2ccccc2)s1. The van der Waals surface area contributed by atoms with Gasteiger partial charge in [0.15, 0.2) is 10.9 Å². The Morgan fingerprint density at radius 3 is 2.58 bits per heavy atom. The Morgan fingerprint density at radius 2 is 1.88 bits per heavy atom. The molecule has 1 N–H and O–H groups in total. The van der Waals surface area contributed by atoms with E-state index in [0.29, 0.717) is 20.6 Å². The third kappa shape index (κ3) is 3.87. The molecule has 0 saturated carbocycles. The summed E-state index contributed by atoms with van der Waals surface area (Å²) in [5, 5.41) is 3.73. The van der Waals surface area contributed by atoms with Crippen molar-refractivity contribution in [2.24, 2.45) is 0 Å². The van der Waals surface area contributed by atoms with E-state index in [-0.39, 0.29) is 11.7 Å². The molecular weight excluding hydrogens is 342 g/mol. The van der Waals surface area contributed by atoms with Crippen LogP contribution >= 0.6 is 23.1 Å². The van der Waals surface area contributed by atoms with Crippen LogP contribution in [0.4, 0.5) is 5.13 Å². The lowest BCUT2D eigenvalue weighted by Gasteiger charge is -2.07. The molecule has 0 aliphatic carbocycles. The Morgan fingerprint density at radius 1 is 1.08 bits per heavy atom. The number of hydrogen-bond acceptors (Lipinski definition) is 6. The van der Waals surface area contributed by atoms with E-state index in [1.165, 1.54) is 24.9 Å². The van der Waals surface area contributed by atoms with Crippen molar-refractivity contribution in [3.05, 3.63) is 65.3 Å². The molecule has 1 amide bonds. The van der Waals surface area contributed by atoms with E-state index in [0.717, 1.165) is 16.2 Å². The number of carbonyl (C=O) groups is 2. The van der Waals surface area contributed by atoms with Crippen molar-refractivity contribution >= 4 is 39.9 Å². The number of rotatable bonds is 5. The number of Topliss-reactive ketones (excluding diaryl/α,β-unsaturated/α-hetero) is 1. The molecule has 0 aliphatic heterocycles. The molecule has 0 bridgehead atoms. The summed E-state index contributed by atoms with van der Waals surface area (Å²) in [6, 6.07) is 13.2. The first-order valence-corrected chi connectivity index (χ1v) is 8.73. The molecule has 24 heavy (non-hydrogen) atoms. The molecule has 0 radical (unpaired) electrons. The maximum Gasteiger partial charge on any atom is 0.260 e. The van der Waals surface area contributed by atoms with Crippen LogP contribution in [0.1, 0.15) is 27.0 Å². The van der Waals surface area contributed by atoms with E-state index in [4.69, 9.17) is 0 Å². The van der Waals surface area contributed by atoms with Crippen LogP contribution in [0.2, 0.25) is 0 Å². The van der Waals surface area contributed by atoms with Crippen LogP contribution in [0.3, 0.4) is 0 Å². The highest BCUT2D eigenvalue weighted by molar-refractivity contribution is 7.99. The van der Waals surface area contributed by atoms with Crippen molar-refractivity contribution in [2.45, 2.75) is 16.8 Å². The first kappa shape index (κ1) is 16.4. The highest BCUT2D eigenvalue weighted by atomic mass is 32.2. The number of anilines is 1. The summed E-state index contributed by atoms with van der Waals surface area (Å²) in [7, 11) is 0. The average Bonchev–Trinajstić information content (AvgIpc) is 3.05. The third-order valence-corrected chi connectivity index (χ3v) is 5.09. The smallest absolute Gasteiger partial charge is 0.260 e. The second kappa shape index (κ2) is 7.37. The lowest BCUT2D eigenvalue weighted by Crippen LogP contribution is -2.13. The zero-order chi connectivity index (χ0) is 16.9. The number of amides is 1. The van der Waals surface area contributed by atoms with Crippen LogP contribution in [-0.4, -0.2) is 21.7 Å². The van der Waals surface area contributed by atoms with Gasteiger partial charge in [-0.05, 0) is 24.3 Å². The summed E-state index contributed by atoms with van der Waals surface area (Å²) in [6.45, 7) is 1.47. The third-order valence-electron chi connectivity index (χ3n) is 3.05. The van der Waals surface area contributed by atoms with Gasteiger partial charge in [0, 0.05) is 18.0 Å². The fourth-order valence-corrected chi connectivity index (χ4v) is 3.51. The Bertz CT molecular complexity index is 878. The minimum absolute atomic E-state index is 0.0744. The zero-order valence-electron chi connectivity index (χ0n) is 12.7. The van der Waals surface area contributed by atoms with Gasteiger partial charge in [-0.25, -0.2) is 9.97 Å². The van der Waals surface area contributed by atoms with E-state index in [2.05, 4.69) is 15.3 Å². The fourth-order valence-electron chi connectivity index (χ4n) is 1.90. The summed E-state index contributed by atoms with van der Waals surface area (Å²) in [4.78, 5) is 33.7. The van der Waals surface area contributed by atoms with Crippen molar-refractivity contribution in [3.8, 4) is 0 Å². The summed E-state index contributed by atoms with van der Waals surface area (Å²) >= 11 is 2.57. The first-order valence-electron chi connectivity index (χ1n) is 7.09. The van der Waals surface area contributed by atoms with Gasteiger partial charge in [0.2, 0.25) is 0 Å². The van der Waals surface area contributed by atoms with Crippen LogP contribution in [0.5, 0.6) is 0 Å². The number of thiazole rings is 1. The van der Waals surface area contributed by atoms with Crippen molar-refractivity contribution in [1.29, 1.82) is 0 Å². The van der Waals surface area contributed by atoms with Crippen molar-refractivity contribution in [3.63, 3.8) is 0 Å². The molecule has 0 spiro atoms. The van der Waals surface area contributed by atoms with Crippen molar-refractivity contribution in [2.75, 3.05) is 5.32 Å². The molecule has 3 rings (SSSR count). The Balaban J connectivity index is 1.80. The number of hydrogen-bond donors (Lipinski definition) is 1. The van der Waals surface area contributed by atoms with Crippen molar-refractivity contribution in [1.82, 2.24) is 9.97 Å². The monoisotopic (exact) mass is 355 g/mol. The number of nitrogens with zero attached hydrogens (tertiary/aromatic N) is 2. The van der Waals surface area contributed by atoms with Gasteiger partial charge in [0.25, 0.3) is 5.91 Å². The molecular formula is C17H13N3O2S2. The first-order chi connectivity index (χ1) is 11.6. The topological polar surface area (TPSA) is 72.0 Å². The van der Waals surface area contributed by atoms with E-state index in [1.54, 1.807) is 18.3 Å². The van der Waals surface area contributed by atoms with E-state index >= 15 is 0 Å². The predicted octanol–water partition coefficient (Wildman–Crippen LogP) is 4.14. The maximum atomic E-state index is 12.5. The molecule has 7 heteroatoms. The number of ketones is 1. The lowest BCUT2D eigenvalue weighted by atomic mass is 10.3. The predicted molar refractivity (Wildman–Crippen MR) is 94.9 cm³/mol.